The number of aliphatic hydroxyl groups is 2. The Kier molecular flexibility index (Phi) is 9.41. The van der Waals surface area contributed by atoms with Gasteiger partial charge in [-0.1, -0.05) is 50.0 Å². The molecule has 0 saturated heterocycles. The molecule has 4 atom stereocenters. The SMILES string of the molecule is O=C(O)CC/C=C\CCC1C(O)CCC1/C=C/C(O)C1CCCCCC1. The van der Waals surface area contributed by atoms with Gasteiger partial charge in [0.25, 0.3) is 0 Å². The summed E-state index contributed by atoms with van der Waals surface area (Å²) in [5.41, 5.74) is 0. The van der Waals surface area contributed by atoms with Crippen molar-refractivity contribution >= 4 is 5.97 Å². The lowest BCUT2D eigenvalue weighted by Gasteiger charge is -2.21. The van der Waals surface area contributed by atoms with E-state index < -0.39 is 5.97 Å². The predicted octanol–water partition coefficient (Wildman–Crippen LogP) is 4.46. The molecule has 4 heteroatoms. The number of aliphatic hydroxyl groups excluding tert-OH is 2. The number of carbonyl (C=O) groups is 1. The van der Waals surface area contributed by atoms with Gasteiger partial charge in [0.05, 0.1) is 12.2 Å². The average molecular weight is 365 g/mol. The molecule has 0 aromatic carbocycles. The molecule has 0 aromatic rings. The van der Waals surface area contributed by atoms with Crippen LogP contribution in [0.4, 0.5) is 0 Å². The van der Waals surface area contributed by atoms with Crippen LogP contribution in [0.2, 0.25) is 0 Å². The van der Waals surface area contributed by atoms with E-state index in [1.165, 1.54) is 25.7 Å². The Bertz CT molecular complexity index is 463. The normalized spacial score (nSPS) is 29.4. The molecule has 4 nitrogen and oxygen atoms in total. The first-order valence-electron chi connectivity index (χ1n) is 10.5. The molecule has 0 bridgehead atoms. The maximum atomic E-state index is 10.5. The molecule has 148 valence electrons. The highest BCUT2D eigenvalue weighted by Gasteiger charge is 2.32. The van der Waals surface area contributed by atoms with E-state index in [1.54, 1.807) is 0 Å². The summed E-state index contributed by atoms with van der Waals surface area (Å²) < 4.78 is 0. The van der Waals surface area contributed by atoms with Gasteiger partial charge in [-0.3, -0.25) is 4.79 Å². The van der Waals surface area contributed by atoms with E-state index in [4.69, 9.17) is 5.11 Å². The lowest BCUT2D eigenvalue weighted by molar-refractivity contribution is -0.136. The zero-order chi connectivity index (χ0) is 18.8. The van der Waals surface area contributed by atoms with Crippen LogP contribution in [0.25, 0.3) is 0 Å². The van der Waals surface area contributed by atoms with Crippen LogP contribution in [0.1, 0.15) is 77.0 Å². The van der Waals surface area contributed by atoms with Gasteiger partial charge in [0.1, 0.15) is 0 Å². The van der Waals surface area contributed by atoms with Crippen molar-refractivity contribution in [2.45, 2.75) is 89.3 Å². The molecule has 0 spiro atoms. The van der Waals surface area contributed by atoms with Crippen LogP contribution < -0.4 is 0 Å². The first kappa shape index (κ1) is 21.2. The van der Waals surface area contributed by atoms with Crippen LogP contribution in [0.3, 0.4) is 0 Å². The summed E-state index contributed by atoms with van der Waals surface area (Å²) in [4.78, 5) is 10.5. The maximum Gasteiger partial charge on any atom is 0.303 e. The van der Waals surface area contributed by atoms with E-state index in [1.807, 2.05) is 18.2 Å². The molecule has 0 aliphatic heterocycles. The lowest BCUT2D eigenvalue weighted by atomic mass is 9.88. The molecule has 2 aliphatic carbocycles. The monoisotopic (exact) mass is 364 g/mol. The summed E-state index contributed by atoms with van der Waals surface area (Å²) in [6.07, 6.45) is 19.2. The molecule has 0 heterocycles. The standard InChI is InChI=1S/C22H36O4/c23-20(18-9-5-1-2-6-10-18)15-13-17-14-16-21(24)19(17)11-7-3-4-8-12-22(25)26/h3-4,13,15,17-21,23-24H,1-2,5-12,14,16H2,(H,25,26)/b4-3-,15-13+. The first-order valence-corrected chi connectivity index (χ1v) is 10.5. The highest BCUT2D eigenvalue weighted by Crippen LogP contribution is 2.37. The van der Waals surface area contributed by atoms with Gasteiger partial charge in [-0.25, -0.2) is 0 Å². The molecule has 2 fully saturated rings. The minimum absolute atomic E-state index is 0.174. The zero-order valence-electron chi connectivity index (χ0n) is 15.9. The minimum Gasteiger partial charge on any atom is -0.481 e. The fraction of sp³-hybridized carbons (Fsp3) is 0.773. The molecule has 4 unspecified atom stereocenters. The van der Waals surface area contributed by atoms with E-state index in [9.17, 15) is 15.0 Å². The van der Waals surface area contributed by atoms with Crippen molar-refractivity contribution in [3.8, 4) is 0 Å². The van der Waals surface area contributed by atoms with Crippen LogP contribution >= 0.6 is 0 Å². The number of rotatable bonds is 9. The minimum atomic E-state index is -0.765. The van der Waals surface area contributed by atoms with E-state index in [0.717, 1.165) is 38.5 Å². The lowest BCUT2D eigenvalue weighted by Crippen LogP contribution is -2.20. The van der Waals surface area contributed by atoms with Crippen molar-refractivity contribution in [2.75, 3.05) is 0 Å². The van der Waals surface area contributed by atoms with Crippen molar-refractivity contribution in [3.05, 3.63) is 24.3 Å². The second kappa shape index (κ2) is 11.6. The number of carboxylic acids is 1. The molecule has 0 aromatic heterocycles. The topological polar surface area (TPSA) is 77.8 Å². The summed E-state index contributed by atoms with van der Waals surface area (Å²) in [6, 6.07) is 0. The molecule has 0 radical (unpaired) electrons. The number of hydrogen-bond donors (Lipinski definition) is 3. The first-order chi connectivity index (χ1) is 12.6. The van der Waals surface area contributed by atoms with E-state index in [-0.39, 0.29) is 24.5 Å². The average Bonchev–Trinajstić information content (AvgIpc) is 2.81. The quantitative estimate of drug-likeness (QED) is 0.417. The Hall–Kier alpha value is -1.13. The van der Waals surface area contributed by atoms with Crippen molar-refractivity contribution < 1.29 is 20.1 Å². The molecule has 2 aliphatic rings. The van der Waals surface area contributed by atoms with Gasteiger partial charge in [-0.05, 0) is 62.7 Å². The van der Waals surface area contributed by atoms with Crippen LogP contribution in [0, 0.1) is 17.8 Å². The highest BCUT2D eigenvalue weighted by molar-refractivity contribution is 5.66. The summed E-state index contributed by atoms with van der Waals surface area (Å²) in [7, 11) is 0. The predicted molar refractivity (Wildman–Crippen MR) is 104 cm³/mol. The summed E-state index contributed by atoms with van der Waals surface area (Å²) >= 11 is 0. The molecule has 3 N–H and O–H groups in total. The molecular formula is C22H36O4. The van der Waals surface area contributed by atoms with Crippen LogP contribution in [0.5, 0.6) is 0 Å². The van der Waals surface area contributed by atoms with E-state index >= 15 is 0 Å². The third-order valence-corrected chi connectivity index (χ3v) is 6.14. The van der Waals surface area contributed by atoms with Crippen LogP contribution in [0.15, 0.2) is 24.3 Å². The van der Waals surface area contributed by atoms with Crippen molar-refractivity contribution in [1.29, 1.82) is 0 Å². The summed E-state index contributed by atoms with van der Waals surface area (Å²) in [5, 5.41) is 29.4. The molecular weight excluding hydrogens is 328 g/mol. The summed E-state index contributed by atoms with van der Waals surface area (Å²) in [5.74, 6) is 0.226. The Labute approximate surface area is 158 Å². The van der Waals surface area contributed by atoms with Gasteiger partial charge >= 0.3 is 5.97 Å². The van der Waals surface area contributed by atoms with Crippen molar-refractivity contribution in [1.82, 2.24) is 0 Å². The fourth-order valence-electron chi connectivity index (χ4n) is 4.52. The van der Waals surface area contributed by atoms with Gasteiger partial charge in [-0.15, -0.1) is 0 Å². The second-order valence-electron chi connectivity index (χ2n) is 8.08. The number of hydrogen-bond acceptors (Lipinski definition) is 3. The Morgan fingerprint density at radius 1 is 1.00 bits per heavy atom. The summed E-state index contributed by atoms with van der Waals surface area (Å²) in [6.45, 7) is 0. The Morgan fingerprint density at radius 2 is 1.69 bits per heavy atom. The number of aliphatic carboxylic acids is 1. The van der Waals surface area contributed by atoms with Gasteiger partial charge in [0, 0.05) is 6.42 Å². The molecule has 2 rings (SSSR count). The van der Waals surface area contributed by atoms with Gasteiger partial charge in [0.15, 0.2) is 0 Å². The number of allylic oxidation sites excluding steroid dienone is 3. The van der Waals surface area contributed by atoms with Gasteiger partial charge in [-0.2, -0.15) is 0 Å². The smallest absolute Gasteiger partial charge is 0.303 e. The Balaban J connectivity index is 1.78. The van der Waals surface area contributed by atoms with Crippen LogP contribution in [-0.2, 0) is 4.79 Å². The van der Waals surface area contributed by atoms with Crippen molar-refractivity contribution in [2.24, 2.45) is 17.8 Å². The van der Waals surface area contributed by atoms with E-state index in [2.05, 4.69) is 6.08 Å². The Morgan fingerprint density at radius 3 is 2.38 bits per heavy atom. The number of carboxylic acid groups (broad SMARTS) is 1. The van der Waals surface area contributed by atoms with Gasteiger partial charge < -0.3 is 15.3 Å². The van der Waals surface area contributed by atoms with Gasteiger partial charge in [0.2, 0.25) is 0 Å². The van der Waals surface area contributed by atoms with E-state index in [0.29, 0.717) is 18.3 Å². The maximum absolute atomic E-state index is 10.5. The van der Waals surface area contributed by atoms with Crippen molar-refractivity contribution in [3.63, 3.8) is 0 Å². The van der Waals surface area contributed by atoms with Crippen LogP contribution in [-0.4, -0.2) is 33.5 Å². The third-order valence-electron chi connectivity index (χ3n) is 6.14. The molecule has 26 heavy (non-hydrogen) atoms. The highest BCUT2D eigenvalue weighted by atomic mass is 16.4. The third kappa shape index (κ3) is 7.24. The zero-order valence-corrected chi connectivity index (χ0v) is 15.9. The molecule has 2 saturated carbocycles. The largest absolute Gasteiger partial charge is 0.481 e. The molecule has 0 amide bonds. The fourth-order valence-corrected chi connectivity index (χ4v) is 4.52. The second-order valence-corrected chi connectivity index (χ2v) is 8.08.